The van der Waals surface area contributed by atoms with Gasteiger partial charge in [-0.15, -0.1) is 0 Å². The molecule has 0 spiro atoms. The molecular weight excluding hydrogens is 256 g/mol. The van der Waals surface area contributed by atoms with Crippen LogP contribution in [0, 0.1) is 13.8 Å². The number of nitrogens with two attached hydrogens (primary N) is 1. The van der Waals surface area contributed by atoms with Crippen LogP contribution in [0.5, 0.6) is 0 Å². The fourth-order valence-electron chi connectivity index (χ4n) is 1.85. The second-order valence-electron chi connectivity index (χ2n) is 4.46. The number of nitrogens with one attached hydrogen (secondary N) is 2. The summed E-state index contributed by atoms with van der Waals surface area (Å²) in [4.78, 5) is 10.0. The average molecular weight is 276 g/mol. The highest BCUT2D eigenvalue weighted by molar-refractivity contribution is 5.86. The lowest BCUT2D eigenvalue weighted by atomic mass is 10.0. The Morgan fingerprint density at radius 1 is 1.40 bits per heavy atom. The molecule has 0 amide bonds. The zero-order chi connectivity index (χ0) is 15.1. The van der Waals surface area contributed by atoms with Crippen molar-refractivity contribution in [3.05, 3.63) is 46.8 Å². The van der Waals surface area contributed by atoms with Crippen molar-refractivity contribution in [2.24, 2.45) is 0 Å². The van der Waals surface area contributed by atoms with Gasteiger partial charge in [0.1, 0.15) is 0 Å². The van der Waals surface area contributed by atoms with Crippen molar-refractivity contribution in [1.29, 1.82) is 0 Å². The predicted octanol–water partition coefficient (Wildman–Crippen LogP) is 1.71. The molecule has 0 aliphatic rings. The molecule has 0 saturated heterocycles. The fraction of sp³-hybridized carbons (Fsp3) is 0.286. The van der Waals surface area contributed by atoms with Gasteiger partial charge in [0.05, 0.1) is 11.8 Å². The third kappa shape index (κ3) is 4.40. The third-order valence-corrected chi connectivity index (χ3v) is 2.82. The highest BCUT2D eigenvalue weighted by Crippen LogP contribution is 2.17. The first kappa shape index (κ1) is 15.7. The summed E-state index contributed by atoms with van der Waals surface area (Å²) in [7, 11) is 1.95. The molecule has 1 aromatic carbocycles. The molecule has 108 valence electrons. The van der Waals surface area contributed by atoms with Crippen LogP contribution in [0.2, 0.25) is 0 Å². The van der Waals surface area contributed by atoms with Crippen LogP contribution in [0.15, 0.2) is 24.5 Å². The molecule has 0 saturated carbocycles. The first-order chi connectivity index (χ1) is 9.45. The maximum Gasteiger partial charge on any atom is 0.338 e. The monoisotopic (exact) mass is 276 g/mol. The minimum atomic E-state index is -0.959. The maximum absolute atomic E-state index is 10.0. The zero-order valence-corrected chi connectivity index (χ0v) is 11.9. The highest BCUT2D eigenvalue weighted by atomic mass is 16.4. The lowest BCUT2D eigenvalue weighted by molar-refractivity contribution is 0.0697. The molecule has 2 aromatic rings. The molecule has 1 aromatic heterocycles. The van der Waals surface area contributed by atoms with Gasteiger partial charge in [-0.1, -0.05) is 0 Å². The molecule has 0 aliphatic heterocycles. The Balaban J connectivity index is 0.000000217. The minimum absolute atomic E-state index is 0.185. The van der Waals surface area contributed by atoms with Gasteiger partial charge in [0, 0.05) is 18.4 Å². The molecule has 6 nitrogen and oxygen atoms in total. The molecule has 20 heavy (non-hydrogen) atoms. The molecule has 5 N–H and O–H groups in total. The van der Waals surface area contributed by atoms with Crippen molar-refractivity contribution < 1.29 is 9.90 Å². The molecule has 1 heterocycles. The van der Waals surface area contributed by atoms with Gasteiger partial charge in [-0.25, -0.2) is 4.79 Å². The summed E-state index contributed by atoms with van der Waals surface area (Å²) in [5.41, 5.74) is 10.6. The maximum atomic E-state index is 10.0. The molecule has 0 bridgehead atoms. The van der Waals surface area contributed by atoms with Crippen molar-refractivity contribution >= 4 is 11.7 Å². The third-order valence-electron chi connectivity index (χ3n) is 2.82. The number of H-pyrrole nitrogens is 1. The summed E-state index contributed by atoms with van der Waals surface area (Å²) in [6, 6.07) is 4.03. The average Bonchev–Trinajstić information content (AvgIpc) is 2.88. The Kier molecular flexibility index (Phi) is 5.74. The molecule has 0 unspecified atom stereocenters. The van der Waals surface area contributed by atoms with E-state index in [9.17, 15) is 4.79 Å². The van der Waals surface area contributed by atoms with E-state index in [0.29, 0.717) is 0 Å². The molecule has 6 heteroatoms. The molecular formula is C14H20N4O2. The lowest BCUT2D eigenvalue weighted by Crippen LogP contribution is -2.08. The van der Waals surface area contributed by atoms with Gasteiger partial charge in [-0.05, 0) is 49.7 Å². The Labute approximate surface area is 118 Å². The Bertz CT molecular complexity index is 542. The van der Waals surface area contributed by atoms with Crippen molar-refractivity contribution in [2.45, 2.75) is 20.4 Å². The van der Waals surface area contributed by atoms with Crippen LogP contribution in [0.25, 0.3) is 0 Å². The number of aromatic nitrogens is 2. The summed E-state index contributed by atoms with van der Waals surface area (Å²) < 4.78 is 0. The quantitative estimate of drug-likeness (QED) is 0.639. The van der Waals surface area contributed by atoms with Gasteiger partial charge < -0.3 is 16.2 Å². The Hall–Kier alpha value is -2.34. The topological polar surface area (TPSA) is 104 Å². The number of benzene rings is 1. The van der Waals surface area contributed by atoms with Gasteiger partial charge in [0.25, 0.3) is 0 Å². The van der Waals surface area contributed by atoms with Crippen molar-refractivity contribution in [3.8, 4) is 0 Å². The lowest BCUT2D eigenvalue weighted by Gasteiger charge is -2.09. The molecule has 2 rings (SSSR count). The first-order valence-electron chi connectivity index (χ1n) is 6.18. The van der Waals surface area contributed by atoms with E-state index in [0.717, 1.165) is 12.2 Å². The van der Waals surface area contributed by atoms with Crippen LogP contribution in [-0.2, 0) is 6.54 Å². The number of aryl methyl sites for hydroxylation is 2. The van der Waals surface area contributed by atoms with Crippen LogP contribution in [-0.4, -0.2) is 28.3 Å². The van der Waals surface area contributed by atoms with E-state index in [2.05, 4.69) is 29.4 Å². The SMILES string of the molecule is CNCc1c(C)cc(N)cc1C.O=C(O)c1cn[nH]c1. The first-order valence-corrected chi connectivity index (χ1v) is 6.18. The van der Waals surface area contributed by atoms with Crippen LogP contribution >= 0.6 is 0 Å². The molecule has 0 fully saturated rings. The smallest absolute Gasteiger partial charge is 0.338 e. The van der Waals surface area contributed by atoms with Crippen molar-refractivity contribution in [3.63, 3.8) is 0 Å². The standard InChI is InChI=1S/C10H16N2.C4H4N2O2/c1-7-4-9(11)5-8(2)10(7)6-12-3;7-4(8)3-1-5-6-2-3/h4-5,12H,6,11H2,1-3H3;1-2H,(H,5,6)(H,7,8). The number of nitrogen functional groups attached to an aromatic ring is 1. The fourth-order valence-corrected chi connectivity index (χ4v) is 1.85. The number of aromatic carboxylic acids is 1. The minimum Gasteiger partial charge on any atom is -0.478 e. The van der Waals surface area contributed by atoms with Gasteiger partial charge in [-0.2, -0.15) is 5.10 Å². The summed E-state index contributed by atoms with van der Waals surface area (Å²) >= 11 is 0. The summed E-state index contributed by atoms with van der Waals surface area (Å²) in [6.07, 6.45) is 2.57. The van der Waals surface area contributed by atoms with E-state index in [4.69, 9.17) is 10.8 Å². The molecule has 0 radical (unpaired) electrons. The number of carboxylic acids is 1. The number of nitrogens with zero attached hydrogens (tertiary/aromatic N) is 1. The second kappa shape index (κ2) is 7.30. The van der Waals surface area contributed by atoms with Crippen LogP contribution in [0.3, 0.4) is 0 Å². The number of carbonyl (C=O) groups is 1. The van der Waals surface area contributed by atoms with Gasteiger partial charge in [0.15, 0.2) is 0 Å². The van der Waals surface area contributed by atoms with Crippen molar-refractivity contribution in [1.82, 2.24) is 15.5 Å². The highest BCUT2D eigenvalue weighted by Gasteiger charge is 2.01. The van der Waals surface area contributed by atoms with E-state index in [1.165, 1.54) is 29.1 Å². The number of rotatable bonds is 3. The van der Waals surface area contributed by atoms with E-state index >= 15 is 0 Å². The van der Waals surface area contributed by atoms with E-state index in [1.807, 2.05) is 19.2 Å². The number of anilines is 1. The molecule has 0 atom stereocenters. The zero-order valence-electron chi connectivity index (χ0n) is 11.9. The normalized spacial score (nSPS) is 9.75. The summed E-state index contributed by atoms with van der Waals surface area (Å²) in [5, 5.41) is 17.2. The van der Waals surface area contributed by atoms with Crippen molar-refractivity contribution in [2.75, 3.05) is 12.8 Å². The van der Waals surface area contributed by atoms with Crippen LogP contribution < -0.4 is 11.1 Å². The largest absolute Gasteiger partial charge is 0.478 e. The van der Waals surface area contributed by atoms with Gasteiger partial charge >= 0.3 is 5.97 Å². The Morgan fingerprint density at radius 2 is 2.00 bits per heavy atom. The van der Waals surface area contributed by atoms with E-state index in [-0.39, 0.29) is 5.56 Å². The number of aromatic amines is 1. The second-order valence-corrected chi connectivity index (χ2v) is 4.46. The van der Waals surface area contributed by atoms with Crippen LogP contribution in [0.1, 0.15) is 27.0 Å². The van der Waals surface area contributed by atoms with E-state index in [1.54, 1.807) is 0 Å². The van der Waals surface area contributed by atoms with Gasteiger partial charge in [-0.3, -0.25) is 5.10 Å². The summed E-state index contributed by atoms with van der Waals surface area (Å²) in [6.45, 7) is 5.10. The Morgan fingerprint density at radius 3 is 2.35 bits per heavy atom. The van der Waals surface area contributed by atoms with Gasteiger partial charge in [0.2, 0.25) is 0 Å². The number of carboxylic acid groups (broad SMARTS) is 1. The summed E-state index contributed by atoms with van der Waals surface area (Å²) in [5.74, 6) is -0.959. The molecule has 0 aliphatic carbocycles. The van der Waals surface area contributed by atoms with Crippen LogP contribution in [0.4, 0.5) is 5.69 Å². The predicted molar refractivity (Wildman–Crippen MR) is 78.6 cm³/mol. The van der Waals surface area contributed by atoms with E-state index < -0.39 is 5.97 Å². The number of hydrogen-bond donors (Lipinski definition) is 4. The number of hydrogen-bond acceptors (Lipinski definition) is 4.